The van der Waals surface area contributed by atoms with Crippen LogP contribution in [0.2, 0.25) is 0 Å². The average Bonchev–Trinajstić information content (AvgIpc) is 3.08. The van der Waals surface area contributed by atoms with Crippen molar-refractivity contribution >= 4 is 29.3 Å². The molecule has 0 aliphatic heterocycles. The van der Waals surface area contributed by atoms with Crippen LogP contribution in [-0.2, 0) is 12.8 Å². The summed E-state index contributed by atoms with van der Waals surface area (Å²) in [5, 5.41) is 12.5. The van der Waals surface area contributed by atoms with E-state index in [4.69, 9.17) is 12.2 Å². The molecule has 0 aliphatic carbocycles. The van der Waals surface area contributed by atoms with Crippen molar-refractivity contribution in [3.8, 4) is 0 Å². The first-order valence-corrected chi connectivity index (χ1v) is 7.45. The van der Waals surface area contributed by atoms with Crippen LogP contribution in [0, 0.1) is 4.77 Å². The van der Waals surface area contributed by atoms with Crippen LogP contribution in [0.1, 0.15) is 30.8 Å². The van der Waals surface area contributed by atoms with Crippen molar-refractivity contribution in [2.75, 3.05) is 0 Å². The van der Waals surface area contributed by atoms with Gasteiger partial charge in [-0.05, 0) is 24.2 Å². The van der Waals surface area contributed by atoms with Crippen LogP contribution >= 0.6 is 12.2 Å². The SMILES string of the molecule is CCc1cccc2c(/C=N\n3c(CC)n[nH]c3=S)c[nH]c12. The van der Waals surface area contributed by atoms with Gasteiger partial charge >= 0.3 is 0 Å². The Morgan fingerprint density at radius 1 is 1.33 bits per heavy atom. The maximum absolute atomic E-state index is 5.19. The largest absolute Gasteiger partial charge is 0.360 e. The van der Waals surface area contributed by atoms with Crippen LogP contribution in [-0.4, -0.2) is 26.1 Å². The number of aryl methyl sites for hydroxylation is 2. The summed E-state index contributed by atoms with van der Waals surface area (Å²) in [7, 11) is 0. The van der Waals surface area contributed by atoms with E-state index in [9.17, 15) is 0 Å². The molecule has 0 saturated heterocycles. The first kappa shape index (κ1) is 13.8. The van der Waals surface area contributed by atoms with Crippen molar-refractivity contribution in [1.82, 2.24) is 19.9 Å². The Balaban J connectivity index is 2.04. The monoisotopic (exact) mass is 299 g/mol. The molecule has 0 saturated carbocycles. The predicted octanol–water partition coefficient (Wildman–Crippen LogP) is 3.43. The number of benzene rings is 1. The molecule has 0 spiro atoms. The van der Waals surface area contributed by atoms with E-state index in [1.165, 1.54) is 16.5 Å². The number of aromatic nitrogens is 4. The molecule has 3 rings (SSSR count). The lowest BCUT2D eigenvalue weighted by Gasteiger charge is -1.99. The maximum Gasteiger partial charge on any atom is 0.216 e. The van der Waals surface area contributed by atoms with E-state index >= 15 is 0 Å². The molecule has 2 aromatic heterocycles. The second kappa shape index (κ2) is 5.65. The van der Waals surface area contributed by atoms with Crippen LogP contribution < -0.4 is 0 Å². The third kappa shape index (κ3) is 2.42. The van der Waals surface area contributed by atoms with E-state index in [1.807, 2.05) is 19.3 Å². The molecule has 1 aromatic carbocycles. The first-order valence-electron chi connectivity index (χ1n) is 7.04. The minimum absolute atomic E-state index is 0.511. The van der Waals surface area contributed by atoms with Gasteiger partial charge in [-0.15, -0.1) is 0 Å². The van der Waals surface area contributed by atoms with Crippen molar-refractivity contribution in [3.05, 3.63) is 46.1 Å². The summed E-state index contributed by atoms with van der Waals surface area (Å²) >= 11 is 5.19. The Morgan fingerprint density at radius 2 is 2.19 bits per heavy atom. The Hall–Kier alpha value is -2.21. The van der Waals surface area contributed by atoms with Gasteiger partial charge in [0.05, 0.1) is 6.21 Å². The summed E-state index contributed by atoms with van der Waals surface area (Å²) < 4.78 is 2.18. The molecule has 0 fully saturated rings. The Bertz CT molecular complexity index is 852. The first-order chi connectivity index (χ1) is 10.2. The highest BCUT2D eigenvalue weighted by Crippen LogP contribution is 2.21. The Labute approximate surface area is 127 Å². The zero-order valence-corrected chi connectivity index (χ0v) is 12.9. The number of rotatable bonds is 4. The average molecular weight is 299 g/mol. The third-order valence-corrected chi connectivity index (χ3v) is 3.82. The van der Waals surface area contributed by atoms with Gasteiger partial charge in [0.2, 0.25) is 4.77 Å². The van der Waals surface area contributed by atoms with Gasteiger partial charge in [-0.3, -0.25) is 5.10 Å². The fourth-order valence-electron chi connectivity index (χ4n) is 2.43. The summed E-state index contributed by atoms with van der Waals surface area (Å²) in [4.78, 5) is 3.33. The summed E-state index contributed by atoms with van der Waals surface area (Å²) in [6, 6.07) is 6.32. The number of nitrogens with zero attached hydrogens (tertiary/aromatic N) is 3. The van der Waals surface area contributed by atoms with E-state index in [2.05, 4.69) is 45.4 Å². The summed E-state index contributed by atoms with van der Waals surface area (Å²) in [5.74, 6) is 0.824. The molecule has 0 unspecified atom stereocenters. The molecule has 0 atom stereocenters. The predicted molar refractivity (Wildman–Crippen MR) is 87.5 cm³/mol. The van der Waals surface area contributed by atoms with Crippen LogP contribution in [0.25, 0.3) is 10.9 Å². The highest BCUT2D eigenvalue weighted by Gasteiger charge is 2.06. The molecule has 0 aliphatic rings. The Morgan fingerprint density at radius 3 is 2.95 bits per heavy atom. The molecule has 5 nitrogen and oxygen atoms in total. The number of para-hydroxylation sites is 1. The molecule has 21 heavy (non-hydrogen) atoms. The minimum atomic E-state index is 0.511. The molecule has 108 valence electrons. The molecule has 0 amide bonds. The van der Waals surface area contributed by atoms with Crippen LogP contribution in [0.5, 0.6) is 0 Å². The lowest BCUT2D eigenvalue weighted by Crippen LogP contribution is -1.97. The summed E-state index contributed by atoms with van der Waals surface area (Å²) in [6.07, 6.45) is 5.57. The van der Waals surface area contributed by atoms with E-state index < -0.39 is 0 Å². The molecule has 6 heteroatoms. The topological polar surface area (TPSA) is 61.8 Å². The maximum atomic E-state index is 5.19. The quantitative estimate of drug-likeness (QED) is 0.572. The summed E-state index contributed by atoms with van der Waals surface area (Å²) in [5.41, 5.74) is 3.53. The zero-order chi connectivity index (χ0) is 14.8. The molecule has 3 aromatic rings. The van der Waals surface area contributed by atoms with E-state index in [-0.39, 0.29) is 0 Å². The second-order valence-electron chi connectivity index (χ2n) is 4.79. The molecular weight excluding hydrogens is 282 g/mol. The Kier molecular flexibility index (Phi) is 3.70. The van der Waals surface area contributed by atoms with E-state index in [0.717, 1.165) is 24.2 Å². The standard InChI is InChI=1S/C15H17N5S/c1-3-10-6-5-7-12-11(8-16-14(10)12)9-17-20-13(4-2)18-19-15(20)21/h5-9,16H,3-4H2,1-2H3,(H,19,21)/b17-9-. The van der Waals surface area contributed by atoms with Crippen molar-refractivity contribution in [2.24, 2.45) is 5.10 Å². The highest BCUT2D eigenvalue weighted by atomic mass is 32.1. The molecule has 2 heterocycles. The van der Waals surface area contributed by atoms with Gasteiger partial charge < -0.3 is 4.98 Å². The van der Waals surface area contributed by atoms with Gasteiger partial charge in [-0.2, -0.15) is 14.9 Å². The minimum Gasteiger partial charge on any atom is -0.360 e. The molecule has 0 radical (unpaired) electrons. The van der Waals surface area contributed by atoms with E-state index in [0.29, 0.717) is 4.77 Å². The molecule has 0 bridgehead atoms. The van der Waals surface area contributed by atoms with Crippen molar-refractivity contribution in [2.45, 2.75) is 26.7 Å². The van der Waals surface area contributed by atoms with Gasteiger partial charge in [0.1, 0.15) is 0 Å². The highest BCUT2D eigenvalue weighted by molar-refractivity contribution is 7.71. The number of hydrogen-bond acceptors (Lipinski definition) is 3. The lowest BCUT2D eigenvalue weighted by molar-refractivity contribution is 0.780. The normalized spacial score (nSPS) is 11.7. The van der Waals surface area contributed by atoms with Crippen LogP contribution in [0.15, 0.2) is 29.5 Å². The molecular formula is C15H17N5S. The smallest absolute Gasteiger partial charge is 0.216 e. The lowest BCUT2D eigenvalue weighted by atomic mass is 10.1. The van der Waals surface area contributed by atoms with Gasteiger partial charge in [0.15, 0.2) is 5.82 Å². The summed E-state index contributed by atoms with van der Waals surface area (Å²) in [6.45, 7) is 4.18. The number of aromatic amines is 2. The van der Waals surface area contributed by atoms with Crippen molar-refractivity contribution in [1.29, 1.82) is 0 Å². The van der Waals surface area contributed by atoms with Crippen molar-refractivity contribution < 1.29 is 0 Å². The van der Waals surface area contributed by atoms with Gasteiger partial charge in [0.25, 0.3) is 0 Å². The van der Waals surface area contributed by atoms with Gasteiger partial charge in [-0.1, -0.05) is 32.0 Å². The van der Waals surface area contributed by atoms with Crippen LogP contribution in [0.4, 0.5) is 0 Å². The second-order valence-corrected chi connectivity index (χ2v) is 5.18. The molecule has 2 N–H and O–H groups in total. The zero-order valence-electron chi connectivity index (χ0n) is 12.1. The van der Waals surface area contributed by atoms with Crippen LogP contribution in [0.3, 0.4) is 0 Å². The number of fused-ring (bicyclic) bond motifs is 1. The van der Waals surface area contributed by atoms with E-state index in [1.54, 1.807) is 4.68 Å². The fourth-order valence-corrected chi connectivity index (χ4v) is 2.63. The fraction of sp³-hybridized carbons (Fsp3) is 0.267. The number of H-pyrrole nitrogens is 2. The van der Waals surface area contributed by atoms with Crippen molar-refractivity contribution in [3.63, 3.8) is 0 Å². The number of nitrogens with one attached hydrogen (secondary N) is 2. The third-order valence-electron chi connectivity index (χ3n) is 3.56. The number of hydrogen-bond donors (Lipinski definition) is 2. The van der Waals surface area contributed by atoms with Gasteiger partial charge in [0, 0.05) is 29.1 Å². The van der Waals surface area contributed by atoms with Gasteiger partial charge in [-0.25, -0.2) is 0 Å².